The lowest BCUT2D eigenvalue weighted by Gasteiger charge is -2.28. The van der Waals surface area contributed by atoms with Gasteiger partial charge in [-0.05, 0) is 102 Å². The lowest BCUT2D eigenvalue weighted by Crippen LogP contribution is -2.17. The molecule has 0 atom stereocenters. The van der Waals surface area contributed by atoms with Crippen LogP contribution in [-0.4, -0.2) is 0 Å². The second kappa shape index (κ2) is 11.1. The molecule has 0 radical (unpaired) electrons. The van der Waals surface area contributed by atoms with E-state index in [4.69, 9.17) is 0 Å². The van der Waals surface area contributed by atoms with Gasteiger partial charge in [0.2, 0.25) is 0 Å². The quantitative estimate of drug-likeness (QED) is 0.175. The van der Waals surface area contributed by atoms with Crippen molar-refractivity contribution in [2.75, 3.05) is 4.90 Å². The molecular weight excluding hydrogens is 579 g/mol. The number of hydrogen-bond donors (Lipinski definition) is 0. The average molecular weight is 614 g/mol. The minimum atomic E-state index is -0.176. The van der Waals surface area contributed by atoms with Crippen molar-refractivity contribution < 1.29 is 0 Å². The van der Waals surface area contributed by atoms with E-state index in [1.807, 2.05) is 0 Å². The van der Waals surface area contributed by atoms with Crippen molar-refractivity contribution in [2.24, 2.45) is 0 Å². The first-order chi connectivity index (χ1) is 23.6. The van der Waals surface area contributed by atoms with Gasteiger partial charge in [-0.1, -0.05) is 153 Å². The maximum Gasteiger partial charge on any atom is 0.0465 e. The molecule has 0 N–H and O–H groups in total. The molecule has 8 aromatic carbocycles. The zero-order valence-corrected chi connectivity index (χ0v) is 27.2. The first kappa shape index (κ1) is 28.3. The van der Waals surface area contributed by atoms with E-state index in [2.05, 4.69) is 195 Å². The highest BCUT2D eigenvalue weighted by molar-refractivity contribution is 6.18. The highest BCUT2D eigenvalue weighted by atomic mass is 15.1. The summed E-state index contributed by atoms with van der Waals surface area (Å²) in [5.74, 6) is 0. The van der Waals surface area contributed by atoms with Crippen LogP contribution in [-0.2, 0) is 5.41 Å². The Morgan fingerprint density at radius 1 is 0.375 bits per heavy atom. The molecule has 228 valence electrons. The highest BCUT2D eigenvalue weighted by Gasteiger charge is 2.39. The van der Waals surface area contributed by atoms with Crippen LogP contribution in [0.4, 0.5) is 17.1 Å². The van der Waals surface area contributed by atoms with Crippen LogP contribution in [0.25, 0.3) is 54.9 Å². The molecule has 0 bridgehead atoms. The van der Waals surface area contributed by atoms with Crippen molar-refractivity contribution in [1.29, 1.82) is 0 Å². The van der Waals surface area contributed by atoms with E-state index in [-0.39, 0.29) is 5.41 Å². The van der Waals surface area contributed by atoms with Crippen molar-refractivity contribution in [3.05, 3.63) is 187 Å². The van der Waals surface area contributed by atoms with Gasteiger partial charge in [0.15, 0.2) is 0 Å². The summed E-state index contributed by atoms with van der Waals surface area (Å²) in [6.45, 7) is 4.80. The Kier molecular flexibility index (Phi) is 6.55. The second-order valence-electron chi connectivity index (χ2n) is 13.4. The van der Waals surface area contributed by atoms with Gasteiger partial charge in [-0.15, -0.1) is 0 Å². The van der Waals surface area contributed by atoms with Crippen molar-refractivity contribution in [3.63, 3.8) is 0 Å². The molecule has 48 heavy (non-hydrogen) atoms. The Labute approximate surface area is 282 Å². The predicted molar refractivity (Wildman–Crippen MR) is 205 cm³/mol. The molecule has 0 spiro atoms. The molecule has 1 nitrogen and oxygen atoms in total. The van der Waals surface area contributed by atoms with Gasteiger partial charge in [-0.2, -0.15) is 0 Å². The largest absolute Gasteiger partial charge is 0.310 e. The van der Waals surface area contributed by atoms with Gasteiger partial charge in [0.1, 0.15) is 0 Å². The Morgan fingerprint density at radius 3 is 1.33 bits per heavy atom. The Bertz CT molecular complexity index is 2360. The van der Waals surface area contributed by atoms with Crippen LogP contribution < -0.4 is 4.90 Å². The maximum absolute atomic E-state index is 2.44. The Balaban J connectivity index is 1.22. The predicted octanol–water partition coefficient (Wildman–Crippen LogP) is 13.1. The summed E-state index contributed by atoms with van der Waals surface area (Å²) in [6, 6.07) is 64.1. The first-order valence-electron chi connectivity index (χ1n) is 16.8. The summed E-state index contributed by atoms with van der Waals surface area (Å²) in [6.07, 6.45) is 0. The van der Waals surface area contributed by atoms with E-state index in [1.54, 1.807) is 0 Å². The first-order valence-corrected chi connectivity index (χ1v) is 16.8. The summed E-state index contributed by atoms with van der Waals surface area (Å²) in [4.78, 5) is 2.40. The third-order valence-electron chi connectivity index (χ3n) is 10.2. The topological polar surface area (TPSA) is 3.24 Å². The number of benzene rings is 8. The molecule has 0 heterocycles. The Hall–Kier alpha value is -5.92. The molecule has 0 fully saturated rings. The van der Waals surface area contributed by atoms with Gasteiger partial charge in [-0.25, -0.2) is 0 Å². The van der Waals surface area contributed by atoms with E-state index in [0.29, 0.717) is 0 Å². The fourth-order valence-corrected chi connectivity index (χ4v) is 7.93. The number of fused-ring (bicyclic) bond motifs is 8. The van der Waals surface area contributed by atoms with Crippen molar-refractivity contribution in [3.8, 4) is 33.4 Å². The van der Waals surface area contributed by atoms with Crippen LogP contribution in [0, 0.1) is 0 Å². The van der Waals surface area contributed by atoms with Crippen LogP contribution in [0.1, 0.15) is 25.0 Å². The fourth-order valence-electron chi connectivity index (χ4n) is 7.93. The van der Waals surface area contributed by atoms with E-state index < -0.39 is 0 Å². The summed E-state index contributed by atoms with van der Waals surface area (Å²) < 4.78 is 0. The highest BCUT2D eigenvalue weighted by Crippen LogP contribution is 2.55. The van der Waals surface area contributed by atoms with Gasteiger partial charge in [-0.3, -0.25) is 0 Å². The molecule has 1 aliphatic carbocycles. The van der Waals surface area contributed by atoms with E-state index >= 15 is 0 Å². The fraction of sp³-hybridized carbons (Fsp3) is 0.0638. The summed E-state index contributed by atoms with van der Waals surface area (Å²) in [7, 11) is 0. The molecule has 8 aromatic rings. The van der Waals surface area contributed by atoms with Crippen molar-refractivity contribution >= 4 is 38.6 Å². The molecule has 0 saturated heterocycles. The van der Waals surface area contributed by atoms with Gasteiger partial charge >= 0.3 is 0 Å². The lowest BCUT2D eigenvalue weighted by molar-refractivity contribution is 0.666. The average Bonchev–Trinajstić information content (AvgIpc) is 3.39. The third-order valence-corrected chi connectivity index (χ3v) is 10.2. The van der Waals surface area contributed by atoms with Crippen LogP contribution >= 0.6 is 0 Å². The lowest BCUT2D eigenvalue weighted by atomic mass is 9.79. The van der Waals surface area contributed by atoms with Gasteiger partial charge < -0.3 is 4.90 Å². The molecule has 0 saturated carbocycles. The van der Waals surface area contributed by atoms with Crippen LogP contribution in [0.3, 0.4) is 0 Å². The summed E-state index contributed by atoms with van der Waals surface area (Å²) in [5, 5.41) is 5.32. The summed E-state index contributed by atoms with van der Waals surface area (Å²) in [5.41, 5.74) is 13.6. The maximum atomic E-state index is 2.44. The van der Waals surface area contributed by atoms with Crippen LogP contribution in [0.2, 0.25) is 0 Å². The monoisotopic (exact) mass is 613 g/mol. The SMILES string of the molecule is CC1(C)c2cc(N(c3ccc(-c4ccccc4)cc3)c3ccc(-c4ccccc4)cc3)ccc2-c2c1c1ccccc1c1ccccc21. The number of rotatable bonds is 5. The zero-order chi connectivity index (χ0) is 32.2. The van der Waals surface area contributed by atoms with E-state index in [9.17, 15) is 0 Å². The minimum Gasteiger partial charge on any atom is -0.310 e. The van der Waals surface area contributed by atoms with Gasteiger partial charge in [0.25, 0.3) is 0 Å². The van der Waals surface area contributed by atoms with Crippen LogP contribution in [0.15, 0.2) is 176 Å². The number of nitrogens with zero attached hydrogens (tertiary/aromatic N) is 1. The minimum absolute atomic E-state index is 0.176. The van der Waals surface area contributed by atoms with Crippen LogP contribution in [0.5, 0.6) is 0 Å². The number of anilines is 3. The molecule has 0 unspecified atom stereocenters. The molecule has 1 aliphatic rings. The van der Waals surface area contributed by atoms with Gasteiger partial charge in [0, 0.05) is 22.5 Å². The molecule has 0 amide bonds. The third kappa shape index (κ3) is 4.47. The number of hydrogen-bond acceptors (Lipinski definition) is 1. The smallest absolute Gasteiger partial charge is 0.0465 e. The second-order valence-corrected chi connectivity index (χ2v) is 13.4. The van der Waals surface area contributed by atoms with Gasteiger partial charge in [0.05, 0.1) is 0 Å². The molecule has 1 heteroatoms. The van der Waals surface area contributed by atoms with E-state index in [1.165, 1.54) is 66.1 Å². The van der Waals surface area contributed by atoms with Crippen molar-refractivity contribution in [2.45, 2.75) is 19.3 Å². The van der Waals surface area contributed by atoms with Crippen molar-refractivity contribution in [1.82, 2.24) is 0 Å². The standard InChI is InChI=1S/C47H35N/c1-47(2)44-31-38(29-30-43(44)45-41-19-11-9-17-39(41)40-18-10-12-20-42(40)46(45)47)48(36-25-21-34(22-26-36)32-13-5-3-6-14-32)37-27-23-35(24-28-37)33-15-7-4-8-16-33/h3-31H,1-2H3. The molecule has 9 rings (SSSR count). The van der Waals surface area contributed by atoms with E-state index in [0.717, 1.165) is 17.1 Å². The molecule has 0 aromatic heterocycles. The normalized spacial score (nSPS) is 13.0. The summed E-state index contributed by atoms with van der Waals surface area (Å²) >= 11 is 0. The zero-order valence-electron chi connectivity index (χ0n) is 27.2. The Morgan fingerprint density at radius 2 is 0.792 bits per heavy atom. The molecular formula is C47H35N. The molecule has 0 aliphatic heterocycles.